The molecule has 16 heavy (non-hydrogen) atoms. The first kappa shape index (κ1) is 11.0. The maximum Gasteiger partial charge on any atom is 0.0890 e. The average Bonchev–Trinajstić information content (AvgIpc) is 2.34. The molecule has 1 N–H and O–H groups in total. The second-order valence-corrected chi connectivity index (χ2v) is 3.91. The van der Waals surface area contributed by atoms with Crippen molar-refractivity contribution in [2.24, 2.45) is 0 Å². The number of benzene rings is 1. The Hall–Kier alpha value is -1.48. The van der Waals surface area contributed by atoms with E-state index in [1.54, 1.807) is 12.4 Å². The van der Waals surface area contributed by atoms with Crippen LogP contribution in [-0.4, -0.2) is 16.5 Å². The smallest absolute Gasteiger partial charge is 0.0890 e. The van der Waals surface area contributed by atoms with E-state index in [2.05, 4.69) is 34.3 Å². The third-order valence-electron chi connectivity index (χ3n) is 2.57. The van der Waals surface area contributed by atoms with E-state index in [1.165, 1.54) is 18.4 Å². The van der Waals surface area contributed by atoms with Crippen LogP contribution in [0.2, 0.25) is 0 Å². The molecule has 0 aliphatic heterocycles. The third-order valence-corrected chi connectivity index (χ3v) is 2.57. The van der Waals surface area contributed by atoms with E-state index in [-0.39, 0.29) is 0 Å². The lowest BCUT2D eigenvalue weighted by Gasteiger charge is -2.04. The van der Waals surface area contributed by atoms with Crippen molar-refractivity contribution in [1.29, 1.82) is 0 Å². The van der Waals surface area contributed by atoms with Crippen molar-refractivity contribution in [2.45, 2.75) is 26.3 Å². The fourth-order valence-corrected chi connectivity index (χ4v) is 1.65. The SMILES string of the molecule is CCCCNCc1ccc2nccnc2c1. The van der Waals surface area contributed by atoms with E-state index in [4.69, 9.17) is 0 Å². The largest absolute Gasteiger partial charge is 0.313 e. The van der Waals surface area contributed by atoms with E-state index >= 15 is 0 Å². The van der Waals surface area contributed by atoms with Crippen LogP contribution in [0, 0.1) is 0 Å². The van der Waals surface area contributed by atoms with Gasteiger partial charge < -0.3 is 5.32 Å². The standard InChI is InChI=1S/C13H17N3/c1-2-3-6-14-10-11-4-5-12-13(9-11)16-8-7-15-12/h4-5,7-9,14H,2-3,6,10H2,1H3. The molecule has 0 aliphatic carbocycles. The summed E-state index contributed by atoms with van der Waals surface area (Å²) in [6.07, 6.45) is 5.92. The van der Waals surface area contributed by atoms with Crippen molar-refractivity contribution >= 4 is 11.0 Å². The Labute approximate surface area is 95.9 Å². The van der Waals surface area contributed by atoms with Gasteiger partial charge in [0.15, 0.2) is 0 Å². The number of aromatic nitrogens is 2. The molecule has 1 aromatic heterocycles. The van der Waals surface area contributed by atoms with Crippen LogP contribution in [-0.2, 0) is 6.54 Å². The van der Waals surface area contributed by atoms with Gasteiger partial charge in [-0.05, 0) is 30.7 Å². The Kier molecular flexibility index (Phi) is 3.83. The highest BCUT2D eigenvalue weighted by Crippen LogP contribution is 2.10. The van der Waals surface area contributed by atoms with Crippen molar-refractivity contribution < 1.29 is 0 Å². The number of rotatable bonds is 5. The average molecular weight is 215 g/mol. The van der Waals surface area contributed by atoms with Crippen LogP contribution in [0.3, 0.4) is 0 Å². The van der Waals surface area contributed by atoms with E-state index in [0.29, 0.717) is 0 Å². The Morgan fingerprint density at radius 3 is 2.75 bits per heavy atom. The van der Waals surface area contributed by atoms with Crippen LogP contribution in [0.25, 0.3) is 11.0 Å². The summed E-state index contributed by atoms with van der Waals surface area (Å²) in [5.41, 5.74) is 3.20. The summed E-state index contributed by atoms with van der Waals surface area (Å²) in [6.45, 7) is 4.19. The summed E-state index contributed by atoms with van der Waals surface area (Å²) >= 11 is 0. The minimum atomic E-state index is 0.909. The van der Waals surface area contributed by atoms with Crippen molar-refractivity contribution in [3.8, 4) is 0 Å². The van der Waals surface area contributed by atoms with Crippen LogP contribution in [0.1, 0.15) is 25.3 Å². The zero-order valence-electron chi connectivity index (χ0n) is 9.61. The lowest BCUT2D eigenvalue weighted by molar-refractivity contribution is 0.641. The lowest BCUT2D eigenvalue weighted by atomic mass is 10.2. The Balaban J connectivity index is 2.02. The molecule has 0 aliphatic rings. The molecule has 0 bridgehead atoms. The summed E-state index contributed by atoms with van der Waals surface area (Å²) in [7, 11) is 0. The third kappa shape index (κ3) is 2.76. The minimum Gasteiger partial charge on any atom is -0.313 e. The Morgan fingerprint density at radius 1 is 1.12 bits per heavy atom. The second-order valence-electron chi connectivity index (χ2n) is 3.91. The van der Waals surface area contributed by atoms with Crippen LogP contribution in [0.5, 0.6) is 0 Å². The summed E-state index contributed by atoms with van der Waals surface area (Å²) < 4.78 is 0. The molecule has 0 atom stereocenters. The molecule has 0 saturated carbocycles. The molecule has 1 heterocycles. The molecule has 1 aromatic carbocycles. The molecular weight excluding hydrogens is 198 g/mol. The van der Waals surface area contributed by atoms with Gasteiger partial charge in [0, 0.05) is 18.9 Å². The topological polar surface area (TPSA) is 37.8 Å². The number of nitrogens with one attached hydrogen (secondary N) is 1. The number of unbranched alkanes of at least 4 members (excludes halogenated alkanes) is 1. The Morgan fingerprint density at radius 2 is 1.94 bits per heavy atom. The fraction of sp³-hybridized carbons (Fsp3) is 0.385. The van der Waals surface area contributed by atoms with Crippen LogP contribution < -0.4 is 5.32 Å². The molecule has 0 spiro atoms. The monoisotopic (exact) mass is 215 g/mol. The van der Waals surface area contributed by atoms with E-state index < -0.39 is 0 Å². The normalized spacial score (nSPS) is 10.8. The van der Waals surface area contributed by atoms with Crippen LogP contribution in [0.15, 0.2) is 30.6 Å². The molecule has 2 rings (SSSR count). The maximum atomic E-state index is 4.30. The predicted molar refractivity (Wildman–Crippen MR) is 66.2 cm³/mol. The summed E-state index contributed by atoms with van der Waals surface area (Å²) in [4.78, 5) is 8.55. The minimum absolute atomic E-state index is 0.909. The van der Waals surface area contributed by atoms with Crippen molar-refractivity contribution in [3.05, 3.63) is 36.2 Å². The van der Waals surface area contributed by atoms with Gasteiger partial charge in [-0.15, -0.1) is 0 Å². The van der Waals surface area contributed by atoms with Crippen molar-refractivity contribution in [1.82, 2.24) is 15.3 Å². The molecule has 0 amide bonds. The first-order chi connectivity index (χ1) is 7.90. The number of nitrogens with zero attached hydrogens (tertiary/aromatic N) is 2. The summed E-state index contributed by atoms with van der Waals surface area (Å²) in [5.74, 6) is 0. The fourth-order valence-electron chi connectivity index (χ4n) is 1.65. The molecule has 3 heteroatoms. The van der Waals surface area contributed by atoms with Gasteiger partial charge in [0.05, 0.1) is 11.0 Å². The highest BCUT2D eigenvalue weighted by molar-refractivity contribution is 5.74. The first-order valence-electron chi connectivity index (χ1n) is 5.80. The summed E-state index contributed by atoms with van der Waals surface area (Å²) in [5, 5.41) is 3.42. The van der Waals surface area contributed by atoms with Crippen molar-refractivity contribution in [2.75, 3.05) is 6.54 Å². The molecular formula is C13H17N3. The molecule has 3 nitrogen and oxygen atoms in total. The van der Waals surface area contributed by atoms with Crippen LogP contribution >= 0.6 is 0 Å². The van der Waals surface area contributed by atoms with Gasteiger partial charge in [-0.2, -0.15) is 0 Å². The van der Waals surface area contributed by atoms with E-state index in [9.17, 15) is 0 Å². The van der Waals surface area contributed by atoms with Gasteiger partial charge in [-0.3, -0.25) is 9.97 Å². The highest BCUT2D eigenvalue weighted by Gasteiger charge is 1.97. The zero-order chi connectivity index (χ0) is 11.2. The van der Waals surface area contributed by atoms with Gasteiger partial charge in [0.1, 0.15) is 0 Å². The molecule has 2 aromatic rings. The molecule has 0 radical (unpaired) electrons. The Bertz CT molecular complexity index is 454. The molecule has 0 fully saturated rings. The lowest BCUT2D eigenvalue weighted by Crippen LogP contribution is -2.14. The van der Waals surface area contributed by atoms with Gasteiger partial charge >= 0.3 is 0 Å². The van der Waals surface area contributed by atoms with Gasteiger partial charge in [0.25, 0.3) is 0 Å². The van der Waals surface area contributed by atoms with Crippen LogP contribution in [0.4, 0.5) is 0 Å². The summed E-state index contributed by atoms with van der Waals surface area (Å²) in [6, 6.07) is 6.23. The predicted octanol–water partition coefficient (Wildman–Crippen LogP) is 2.52. The number of hydrogen-bond donors (Lipinski definition) is 1. The maximum absolute atomic E-state index is 4.30. The van der Waals surface area contributed by atoms with E-state index in [1.807, 2.05) is 6.07 Å². The van der Waals surface area contributed by atoms with Crippen molar-refractivity contribution in [3.63, 3.8) is 0 Å². The van der Waals surface area contributed by atoms with Gasteiger partial charge in [0.2, 0.25) is 0 Å². The zero-order valence-corrected chi connectivity index (χ0v) is 9.61. The first-order valence-corrected chi connectivity index (χ1v) is 5.80. The number of fused-ring (bicyclic) bond motifs is 1. The molecule has 0 unspecified atom stereocenters. The highest BCUT2D eigenvalue weighted by atomic mass is 14.8. The second kappa shape index (κ2) is 5.56. The molecule has 84 valence electrons. The van der Waals surface area contributed by atoms with Gasteiger partial charge in [-0.25, -0.2) is 0 Å². The molecule has 0 saturated heterocycles. The van der Waals surface area contributed by atoms with Gasteiger partial charge in [-0.1, -0.05) is 19.4 Å². The quantitative estimate of drug-likeness (QED) is 0.779. The number of hydrogen-bond acceptors (Lipinski definition) is 3. The van der Waals surface area contributed by atoms with E-state index in [0.717, 1.165) is 24.1 Å².